The quantitative estimate of drug-likeness (QED) is 0.531. The predicted octanol–water partition coefficient (Wildman–Crippen LogP) is 4.96. The first-order valence-electron chi connectivity index (χ1n) is 14.7. The van der Waals surface area contributed by atoms with Crippen LogP contribution in [-0.4, -0.2) is 54.2 Å². The van der Waals surface area contributed by atoms with Crippen LogP contribution in [0.5, 0.6) is 5.75 Å². The number of ether oxygens (including phenoxy) is 3. The summed E-state index contributed by atoms with van der Waals surface area (Å²) in [5, 5.41) is 3.10. The van der Waals surface area contributed by atoms with E-state index < -0.39 is 19.7 Å². The first-order chi connectivity index (χ1) is 19.5. The third-order valence-electron chi connectivity index (χ3n) is 5.74. The fourth-order valence-electron chi connectivity index (χ4n) is 3.99. The predicted molar refractivity (Wildman–Crippen MR) is 137 cm³/mol. The number of anilines is 2. The Bertz CT molecular complexity index is 1400. The van der Waals surface area contributed by atoms with Crippen molar-refractivity contribution < 1.29 is 22.4 Å². The summed E-state index contributed by atoms with van der Waals surface area (Å²) >= 11 is 0. The molecule has 1 saturated heterocycles. The molecule has 182 valence electrons. The molecule has 5 rings (SSSR count). The number of nitrogens with zero attached hydrogens (tertiary/aromatic N) is 3. The molecule has 0 aliphatic carbocycles. The van der Waals surface area contributed by atoms with Crippen LogP contribution in [0.1, 0.15) is 32.2 Å². The second-order valence-corrected chi connectivity index (χ2v) is 8.26. The van der Waals surface area contributed by atoms with Crippen LogP contribution in [0.4, 0.5) is 11.6 Å². The van der Waals surface area contributed by atoms with Gasteiger partial charge in [-0.1, -0.05) is 30.4 Å². The number of benzene rings is 2. The van der Waals surface area contributed by atoms with Gasteiger partial charge in [0.25, 0.3) is 0 Å². The molecular formula is C28H32N4O3. The number of fused-ring (bicyclic) bond motifs is 7. The Morgan fingerprint density at radius 1 is 1.03 bits per heavy atom. The van der Waals surface area contributed by atoms with Gasteiger partial charge in [0.05, 0.1) is 40.2 Å². The SMILES string of the molecule is [2H]C1([2H])/C=C/C([2H])([2H])OC([2H])([2H])c2cc(ccc2OCCN2CCCC2)Nc2nccc(n2)-c2cccc(c2)CO1. The van der Waals surface area contributed by atoms with Crippen molar-refractivity contribution >= 4 is 11.6 Å². The molecule has 0 saturated carbocycles. The largest absolute Gasteiger partial charge is 0.492 e. The molecule has 2 aliphatic rings. The summed E-state index contributed by atoms with van der Waals surface area (Å²) < 4.78 is 67.0. The molecule has 35 heavy (non-hydrogen) atoms. The average Bonchev–Trinajstić information content (AvgIpc) is 3.45. The normalized spacial score (nSPS) is 24.6. The molecule has 0 spiro atoms. The molecule has 2 aliphatic heterocycles. The summed E-state index contributed by atoms with van der Waals surface area (Å²) in [6.07, 6.45) is 5.59. The highest BCUT2D eigenvalue weighted by molar-refractivity contribution is 5.63. The minimum Gasteiger partial charge on any atom is -0.492 e. The number of nitrogens with one attached hydrogen (secondary N) is 1. The van der Waals surface area contributed by atoms with Gasteiger partial charge >= 0.3 is 0 Å². The van der Waals surface area contributed by atoms with Crippen LogP contribution in [0.2, 0.25) is 0 Å². The van der Waals surface area contributed by atoms with Gasteiger partial charge in [-0.25, -0.2) is 9.97 Å². The summed E-state index contributed by atoms with van der Waals surface area (Å²) in [5.41, 5.74) is 2.51. The van der Waals surface area contributed by atoms with Gasteiger partial charge in [0.2, 0.25) is 5.95 Å². The Balaban J connectivity index is 1.52. The molecule has 1 N–H and O–H groups in total. The van der Waals surface area contributed by atoms with E-state index in [1.807, 2.05) is 18.2 Å². The third kappa shape index (κ3) is 6.66. The standard InChI is InChI=1S/C28H32N4O3/c1-2-13-32(12-1)14-17-35-27-9-8-25-19-24(27)21-34-16-4-3-15-33-20-22-6-5-7-23(18-22)26-10-11-29-28(30-25)31-26/h3-11,18-19H,1-2,12-17,20-21H2,(H,29,30,31)/b4-3+/i15D2,16D2,21D2. The first-order valence-corrected chi connectivity index (χ1v) is 11.7. The van der Waals surface area contributed by atoms with E-state index in [-0.39, 0.29) is 23.9 Å². The molecule has 2 aromatic carbocycles. The van der Waals surface area contributed by atoms with Crippen LogP contribution in [0, 0.1) is 0 Å². The van der Waals surface area contributed by atoms with Crippen LogP contribution in [0.3, 0.4) is 0 Å². The van der Waals surface area contributed by atoms with Gasteiger partial charge in [-0.05, 0) is 61.8 Å². The van der Waals surface area contributed by atoms with E-state index in [2.05, 4.69) is 20.2 Å². The van der Waals surface area contributed by atoms with Crippen LogP contribution in [0.25, 0.3) is 11.3 Å². The lowest BCUT2D eigenvalue weighted by atomic mass is 10.1. The molecule has 7 heteroatoms. The summed E-state index contributed by atoms with van der Waals surface area (Å²) in [4.78, 5) is 11.2. The molecule has 7 nitrogen and oxygen atoms in total. The minimum absolute atomic E-state index is 0.0366. The van der Waals surface area contributed by atoms with Crippen molar-refractivity contribution in [3.05, 3.63) is 78.0 Å². The fourth-order valence-corrected chi connectivity index (χ4v) is 3.99. The lowest BCUT2D eigenvalue weighted by Crippen LogP contribution is -2.25. The lowest BCUT2D eigenvalue weighted by Gasteiger charge is -2.17. The van der Waals surface area contributed by atoms with Crippen molar-refractivity contribution in [2.45, 2.75) is 26.0 Å². The highest BCUT2D eigenvalue weighted by atomic mass is 16.5. The number of hydrogen-bond acceptors (Lipinski definition) is 7. The van der Waals surface area contributed by atoms with Gasteiger partial charge in [0.15, 0.2) is 0 Å². The molecule has 1 aromatic heterocycles. The molecule has 0 radical (unpaired) electrons. The zero-order chi connectivity index (χ0) is 29.1. The lowest BCUT2D eigenvalue weighted by molar-refractivity contribution is 0.138. The number of likely N-dealkylation sites (tertiary alicyclic amines) is 1. The smallest absolute Gasteiger partial charge is 0.227 e. The molecule has 3 heterocycles. The Hall–Kier alpha value is -3.26. The van der Waals surface area contributed by atoms with Crippen molar-refractivity contribution in [2.75, 3.05) is 44.7 Å². The van der Waals surface area contributed by atoms with E-state index in [1.54, 1.807) is 30.5 Å². The average molecular weight is 479 g/mol. The van der Waals surface area contributed by atoms with E-state index in [0.29, 0.717) is 30.1 Å². The van der Waals surface area contributed by atoms with E-state index in [1.165, 1.54) is 6.07 Å². The van der Waals surface area contributed by atoms with Crippen molar-refractivity contribution in [2.24, 2.45) is 0 Å². The zero-order valence-corrected chi connectivity index (χ0v) is 19.4. The topological polar surface area (TPSA) is 68.7 Å². The number of aromatic nitrogens is 2. The monoisotopic (exact) mass is 478 g/mol. The Kier molecular flexibility index (Phi) is 5.87. The molecule has 1 fully saturated rings. The maximum atomic E-state index is 8.69. The molecular weight excluding hydrogens is 440 g/mol. The van der Waals surface area contributed by atoms with E-state index >= 15 is 0 Å². The van der Waals surface area contributed by atoms with Crippen LogP contribution in [0.15, 0.2) is 66.9 Å². The summed E-state index contributed by atoms with van der Waals surface area (Å²) in [6.45, 7) is -4.78. The number of rotatable bonds is 4. The summed E-state index contributed by atoms with van der Waals surface area (Å²) in [5.74, 6) is 0.481. The molecule has 0 unspecified atom stereocenters. The summed E-state index contributed by atoms with van der Waals surface area (Å²) in [6, 6.07) is 13.8. The fraction of sp³-hybridized carbons (Fsp3) is 0.357. The van der Waals surface area contributed by atoms with Gasteiger partial charge in [0, 0.05) is 29.6 Å². The van der Waals surface area contributed by atoms with Crippen molar-refractivity contribution in [1.29, 1.82) is 0 Å². The maximum Gasteiger partial charge on any atom is 0.227 e. The first kappa shape index (κ1) is 17.2. The van der Waals surface area contributed by atoms with Crippen LogP contribution in [-0.2, 0) is 22.6 Å². The van der Waals surface area contributed by atoms with E-state index in [0.717, 1.165) is 43.6 Å². The van der Waals surface area contributed by atoms with Gasteiger partial charge in [-0.3, -0.25) is 4.90 Å². The van der Waals surface area contributed by atoms with Crippen molar-refractivity contribution in [3.8, 4) is 17.0 Å². The highest BCUT2D eigenvalue weighted by Crippen LogP contribution is 2.26. The Labute approximate surface area is 215 Å². The second-order valence-electron chi connectivity index (χ2n) is 8.26. The Morgan fingerprint density at radius 3 is 2.83 bits per heavy atom. The van der Waals surface area contributed by atoms with E-state index in [9.17, 15) is 0 Å². The van der Waals surface area contributed by atoms with Gasteiger partial charge in [0.1, 0.15) is 12.4 Å². The number of hydrogen-bond donors (Lipinski definition) is 1. The highest BCUT2D eigenvalue weighted by Gasteiger charge is 2.13. The molecule has 0 atom stereocenters. The maximum absolute atomic E-state index is 8.69. The molecule has 3 aromatic rings. The second kappa shape index (κ2) is 11.9. The third-order valence-corrected chi connectivity index (χ3v) is 5.74. The van der Waals surface area contributed by atoms with Crippen LogP contribution >= 0.6 is 0 Å². The Morgan fingerprint density at radius 2 is 1.91 bits per heavy atom. The van der Waals surface area contributed by atoms with Crippen LogP contribution < -0.4 is 10.1 Å². The zero-order valence-electron chi connectivity index (χ0n) is 25.4. The minimum atomic E-state index is -2.68. The van der Waals surface area contributed by atoms with Crippen molar-refractivity contribution in [3.63, 3.8) is 0 Å². The van der Waals surface area contributed by atoms with Gasteiger partial charge in [-0.2, -0.15) is 0 Å². The summed E-state index contributed by atoms with van der Waals surface area (Å²) in [7, 11) is 0. The van der Waals surface area contributed by atoms with E-state index in [4.69, 9.17) is 22.4 Å². The van der Waals surface area contributed by atoms with Gasteiger partial charge in [-0.15, -0.1) is 0 Å². The van der Waals surface area contributed by atoms with Crippen molar-refractivity contribution in [1.82, 2.24) is 14.9 Å². The van der Waals surface area contributed by atoms with Gasteiger partial charge < -0.3 is 19.5 Å². The molecule has 6 bridgehead atoms. The molecule has 0 amide bonds.